The van der Waals surface area contributed by atoms with Crippen molar-refractivity contribution in [1.29, 1.82) is 0 Å². The first kappa shape index (κ1) is 29.9. The van der Waals surface area contributed by atoms with Crippen LogP contribution in [0, 0.1) is 17.8 Å². The SMILES string of the molecule is C1=CC2=c3ccccc3=CC(C3C=CC(N(C4=CC=C(c5cc6ccccc6c6ccccc56)CC4)c4cccc5ccccc45)=CC3)C2C=C1. The van der Waals surface area contributed by atoms with E-state index >= 15 is 0 Å². The van der Waals surface area contributed by atoms with E-state index in [0.717, 1.165) is 19.3 Å². The summed E-state index contributed by atoms with van der Waals surface area (Å²) in [6.45, 7) is 0. The molecule has 0 fully saturated rings. The average molecular weight is 654 g/mol. The van der Waals surface area contributed by atoms with Gasteiger partial charge in [-0.25, -0.2) is 0 Å². The Labute approximate surface area is 299 Å². The van der Waals surface area contributed by atoms with Crippen LogP contribution in [0.1, 0.15) is 24.8 Å². The van der Waals surface area contributed by atoms with Crippen LogP contribution in [0.15, 0.2) is 187 Å². The molecule has 0 heterocycles. The van der Waals surface area contributed by atoms with Crippen molar-refractivity contribution in [2.24, 2.45) is 17.8 Å². The maximum absolute atomic E-state index is 2.54. The number of hydrogen-bond acceptors (Lipinski definition) is 1. The van der Waals surface area contributed by atoms with Gasteiger partial charge in [-0.1, -0.05) is 158 Å². The van der Waals surface area contributed by atoms with Crippen molar-refractivity contribution in [2.45, 2.75) is 19.3 Å². The van der Waals surface area contributed by atoms with Crippen LogP contribution in [0.4, 0.5) is 5.69 Å². The van der Waals surface area contributed by atoms with Crippen molar-refractivity contribution in [3.8, 4) is 0 Å². The summed E-state index contributed by atoms with van der Waals surface area (Å²) in [5.41, 5.74) is 8.06. The number of anilines is 1. The van der Waals surface area contributed by atoms with Gasteiger partial charge in [0.25, 0.3) is 0 Å². The quantitative estimate of drug-likeness (QED) is 0.167. The van der Waals surface area contributed by atoms with Gasteiger partial charge >= 0.3 is 0 Å². The first-order valence-corrected chi connectivity index (χ1v) is 18.4. The monoisotopic (exact) mass is 653 g/mol. The Kier molecular flexibility index (Phi) is 7.31. The minimum atomic E-state index is 0.402. The van der Waals surface area contributed by atoms with Gasteiger partial charge in [-0.05, 0) is 109 Å². The lowest BCUT2D eigenvalue weighted by Crippen LogP contribution is -2.38. The smallest absolute Gasteiger partial charge is 0.0536 e. The third kappa shape index (κ3) is 5.15. The van der Waals surface area contributed by atoms with Gasteiger partial charge in [-0.3, -0.25) is 0 Å². The first-order valence-electron chi connectivity index (χ1n) is 18.4. The van der Waals surface area contributed by atoms with Crippen molar-refractivity contribution >= 4 is 55.2 Å². The van der Waals surface area contributed by atoms with Gasteiger partial charge in [-0.15, -0.1) is 0 Å². The van der Waals surface area contributed by atoms with Crippen LogP contribution in [0.3, 0.4) is 0 Å². The van der Waals surface area contributed by atoms with Gasteiger partial charge < -0.3 is 4.90 Å². The Morgan fingerprint density at radius 3 is 2.20 bits per heavy atom. The van der Waals surface area contributed by atoms with Crippen LogP contribution < -0.4 is 15.3 Å². The van der Waals surface area contributed by atoms with Crippen LogP contribution in [-0.4, -0.2) is 0 Å². The molecular weight excluding hydrogens is 615 g/mol. The minimum absolute atomic E-state index is 0.402. The summed E-state index contributed by atoms with van der Waals surface area (Å²) in [5.74, 6) is 1.26. The molecule has 0 saturated carbocycles. The Morgan fingerprint density at radius 1 is 0.588 bits per heavy atom. The third-order valence-corrected chi connectivity index (χ3v) is 11.5. The van der Waals surface area contributed by atoms with Gasteiger partial charge in [0.1, 0.15) is 0 Å². The van der Waals surface area contributed by atoms with Gasteiger partial charge in [0.15, 0.2) is 0 Å². The van der Waals surface area contributed by atoms with Crippen molar-refractivity contribution in [3.05, 3.63) is 203 Å². The number of allylic oxidation sites excluding steroid dienone is 11. The lowest BCUT2D eigenvalue weighted by atomic mass is 9.70. The molecule has 6 aromatic rings. The molecule has 10 rings (SSSR count). The highest BCUT2D eigenvalue weighted by Crippen LogP contribution is 2.43. The number of nitrogens with zero attached hydrogens (tertiary/aromatic N) is 1. The summed E-state index contributed by atoms with van der Waals surface area (Å²) < 4.78 is 0. The fourth-order valence-corrected chi connectivity index (χ4v) is 9.07. The van der Waals surface area contributed by atoms with E-state index in [0.29, 0.717) is 17.8 Å². The van der Waals surface area contributed by atoms with E-state index in [-0.39, 0.29) is 0 Å². The lowest BCUT2D eigenvalue weighted by molar-refractivity contribution is 0.444. The fourth-order valence-electron chi connectivity index (χ4n) is 9.07. The van der Waals surface area contributed by atoms with E-state index in [1.807, 2.05) is 0 Å². The highest BCUT2D eigenvalue weighted by atomic mass is 15.2. The molecule has 3 unspecified atom stereocenters. The zero-order valence-corrected chi connectivity index (χ0v) is 28.6. The Hall–Kier alpha value is -5.92. The molecular formula is C50H39N. The largest absolute Gasteiger partial charge is 0.314 e. The molecule has 0 spiro atoms. The topological polar surface area (TPSA) is 3.24 Å². The summed E-state index contributed by atoms with van der Waals surface area (Å²) in [4.78, 5) is 2.54. The lowest BCUT2D eigenvalue weighted by Gasteiger charge is -2.36. The highest BCUT2D eigenvalue weighted by Gasteiger charge is 2.31. The zero-order chi connectivity index (χ0) is 33.7. The summed E-state index contributed by atoms with van der Waals surface area (Å²) in [7, 11) is 0. The van der Waals surface area contributed by atoms with Gasteiger partial charge in [0.2, 0.25) is 0 Å². The van der Waals surface area contributed by atoms with Crippen molar-refractivity contribution in [1.82, 2.24) is 0 Å². The Morgan fingerprint density at radius 2 is 1.35 bits per heavy atom. The molecule has 1 heteroatoms. The van der Waals surface area contributed by atoms with E-state index in [9.17, 15) is 0 Å². The molecule has 244 valence electrons. The molecule has 0 aromatic heterocycles. The fraction of sp³-hybridized carbons (Fsp3) is 0.120. The van der Waals surface area contributed by atoms with Crippen molar-refractivity contribution in [3.63, 3.8) is 0 Å². The van der Waals surface area contributed by atoms with Crippen LogP contribution in [0.5, 0.6) is 0 Å². The molecule has 6 aromatic carbocycles. The van der Waals surface area contributed by atoms with Crippen LogP contribution in [0.25, 0.3) is 49.5 Å². The predicted octanol–water partition coefficient (Wildman–Crippen LogP) is 11.2. The standard InChI is InChI=1S/C50H39N/c1-6-18-43-34(12-1)15-11-23-50(43)51(39-28-24-35(25-29-39)48-32-37-13-2-4-16-41(37)44-19-7-9-21-46(44)48)40-30-26-36(27-31-40)49-33-38-14-3-5-17-42(38)45-20-8-10-22-47(45)49/h1-24,26,28-30,32-33,35,46,48H,25,27,31H2. The van der Waals surface area contributed by atoms with Gasteiger partial charge in [0, 0.05) is 22.7 Å². The number of hydrogen-bond donors (Lipinski definition) is 0. The molecule has 0 radical (unpaired) electrons. The van der Waals surface area contributed by atoms with E-state index in [2.05, 4.69) is 187 Å². The molecule has 0 N–H and O–H groups in total. The van der Waals surface area contributed by atoms with Crippen LogP contribution in [0.2, 0.25) is 0 Å². The molecule has 0 bridgehead atoms. The first-order chi connectivity index (χ1) is 25.3. The van der Waals surface area contributed by atoms with E-state index in [1.54, 1.807) is 0 Å². The van der Waals surface area contributed by atoms with Crippen LogP contribution >= 0.6 is 0 Å². The summed E-state index contributed by atoms with van der Waals surface area (Å²) in [6.07, 6.45) is 26.9. The molecule has 4 aliphatic carbocycles. The maximum Gasteiger partial charge on any atom is 0.0536 e. The number of rotatable bonds is 5. The minimum Gasteiger partial charge on any atom is -0.314 e. The predicted molar refractivity (Wildman–Crippen MR) is 217 cm³/mol. The second kappa shape index (κ2) is 12.4. The van der Waals surface area contributed by atoms with E-state index in [4.69, 9.17) is 0 Å². The van der Waals surface area contributed by atoms with E-state index < -0.39 is 0 Å². The molecule has 0 aliphatic heterocycles. The highest BCUT2D eigenvalue weighted by molar-refractivity contribution is 6.12. The molecule has 51 heavy (non-hydrogen) atoms. The summed E-state index contributed by atoms with van der Waals surface area (Å²) >= 11 is 0. The molecule has 0 saturated heterocycles. The average Bonchev–Trinajstić information content (AvgIpc) is 3.21. The third-order valence-electron chi connectivity index (χ3n) is 11.5. The van der Waals surface area contributed by atoms with Crippen molar-refractivity contribution < 1.29 is 0 Å². The Bertz CT molecular complexity index is 2690. The van der Waals surface area contributed by atoms with Crippen molar-refractivity contribution in [2.75, 3.05) is 4.90 Å². The normalized spacial score (nSPS) is 20.7. The van der Waals surface area contributed by atoms with Gasteiger partial charge in [0.05, 0.1) is 5.69 Å². The number of fused-ring (bicyclic) bond motifs is 6. The molecule has 0 amide bonds. The van der Waals surface area contributed by atoms with Gasteiger partial charge in [-0.2, -0.15) is 0 Å². The zero-order valence-electron chi connectivity index (χ0n) is 28.6. The summed E-state index contributed by atoms with van der Waals surface area (Å²) in [5, 5.41) is 10.6. The second-order valence-electron chi connectivity index (χ2n) is 14.3. The Balaban J connectivity index is 1.04. The van der Waals surface area contributed by atoms with Crippen LogP contribution in [-0.2, 0) is 0 Å². The molecule has 1 nitrogen and oxygen atoms in total. The second-order valence-corrected chi connectivity index (χ2v) is 14.3. The molecule has 3 atom stereocenters. The maximum atomic E-state index is 2.54. The summed E-state index contributed by atoms with van der Waals surface area (Å²) in [6, 6.07) is 44.5. The van der Waals surface area contributed by atoms with E-state index in [1.165, 1.54) is 76.5 Å². The molecule has 4 aliphatic rings. The number of benzene rings is 6.